The third-order valence-corrected chi connectivity index (χ3v) is 5.97. The van der Waals surface area contributed by atoms with Crippen LogP contribution < -0.4 is 15.5 Å². The Morgan fingerprint density at radius 3 is 2.11 bits per heavy atom. The van der Waals surface area contributed by atoms with E-state index in [1.165, 1.54) is 31.4 Å². The average Bonchev–Trinajstić information content (AvgIpc) is 3.08. The molecule has 0 atom stereocenters. The number of aryl methyl sites for hydroxylation is 2. The third-order valence-electron chi connectivity index (χ3n) is 5.62. The first-order valence-corrected chi connectivity index (χ1v) is 11.3. The molecule has 0 aromatic heterocycles. The molecule has 0 unspecified atom stereocenters. The lowest BCUT2D eigenvalue weighted by molar-refractivity contribution is -0.120. The van der Waals surface area contributed by atoms with Crippen LogP contribution in [-0.4, -0.2) is 30.8 Å². The minimum absolute atomic E-state index is 0.0915. The van der Waals surface area contributed by atoms with Crippen LogP contribution in [-0.2, 0) is 14.3 Å². The second-order valence-electron chi connectivity index (χ2n) is 8.15. The maximum Gasteiger partial charge on any atom is 0.337 e. The summed E-state index contributed by atoms with van der Waals surface area (Å²) in [5.74, 6) is -2.16. The molecule has 8 nitrogen and oxygen atoms in total. The molecule has 0 spiro atoms. The van der Waals surface area contributed by atoms with E-state index in [4.69, 9.17) is 11.6 Å². The lowest BCUT2D eigenvalue weighted by Gasteiger charge is -2.15. The Balaban J connectivity index is 1.47. The van der Waals surface area contributed by atoms with Crippen LogP contribution in [0.5, 0.6) is 0 Å². The first kappa shape index (κ1) is 24.7. The summed E-state index contributed by atoms with van der Waals surface area (Å²) in [4.78, 5) is 50.9. The van der Waals surface area contributed by atoms with Gasteiger partial charge in [0.1, 0.15) is 10.7 Å². The van der Waals surface area contributed by atoms with Crippen LogP contribution in [0, 0.1) is 13.8 Å². The zero-order valence-electron chi connectivity index (χ0n) is 19.7. The first-order chi connectivity index (χ1) is 17.2. The van der Waals surface area contributed by atoms with Crippen LogP contribution in [0.4, 0.5) is 17.1 Å². The molecule has 3 amide bonds. The van der Waals surface area contributed by atoms with Gasteiger partial charge in [0.05, 0.1) is 18.4 Å². The number of nitrogens with zero attached hydrogens (tertiary/aromatic N) is 1. The predicted octanol–water partition coefficient (Wildman–Crippen LogP) is 4.78. The highest BCUT2D eigenvalue weighted by Crippen LogP contribution is 2.30. The number of hydrogen-bond donors (Lipinski definition) is 2. The van der Waals surface area contributed by atoms with Gasteiger partial charge in [0.2, 0.25) is 0 Å². The van der Waals surface area contributed by atoms with E-state index in [1.54, 1.807) is 24.3 Å². The van der Waals surface area contributed by atoms with E-state index in [9.17, 15) is 19.2 Å². The smallest absolute Gasteiger partial charge is 0.337 e. The highest BCUT2D eigenvalue weighted by molar-refractivity contribution is 6.53. The molecule has 1 heterocycles. The molecule has 182 valence electrons. The van der Waals surface area contributed by atoms with E-state index < -0.39 is 17.8 Å². The maximum atomic E-state index is 13.0. The molecule has 3 aromatic rings. The lowest BCUT2D eigenvalue weighted by Crippen LogP contribution is -2.32. The normalized spacial score (nSPS) is 13.2. The number of amides is 3. The molecule has 3 aromatic carbocycles. The monoisotopic (exact) mass is 503 g/mol. The van der Waals surface area contributed by atoms with Crippen LogP contribution >= 0.6 is 11.6 Å². The number of halogens is 1. The van der Waals surface area contributed by atoms with Gasteiger partial charge in [-0.05, 0) is 74.0 Å². The van der Waals surface area contributed by atoms with E-state index >= 15 is 0 Å². The summed E-state index contributed by atoms with van der Waals surface area (Å²) in [5.41, 5.74) is 4.11. The van der Waals surface area contributed by atoms with Crippen LogP contribution in [0.1, 0.15) is 31.8 Å². The van der Waals surface area contributed by atoms with E-state index in [0.29, 0.717) is 11.3 Å². The topological polar surface area (TPSA) is 105 Å². The summed E-state index contributed by atoms with van der Waals surface area (Å²) in [6, 6.07) is 18.0. The van der Waals surface area contributed by atoms with Gasteiger partial charge in [0.25, 0.3) is 17.7 Å². The zero-order chi connectivity index (χ0) is 26.0. The van der Waals surface area contributed by atoms with Gasteiger partial charge in [0.15, 0.2) is 0 Å². The van der Waals surface area contributed by atoms with Gasteiger partial charge in [0, 0.05) is 16.9 Å². The number of hydrogen-bond acceptors (Lipinski definition) is 6. The van der Waals surface area contributed by atoms with Gasteiger partial charge in [-0.15, -0.1) is 0 Å². The molecule has 0 aliphatic carbocycles. The zero-order valence-corrected chi connectivity index (χ0v) is 20.5. The summed E-state index contributed by atoms with van der Waals surface area (Å²) in [7, 11) is 1.26. The Bertz CT molecular complexity index is 1410. The Labute approximate surface area is 212 Å². The molecule has 0 fully saturated rings. The van der Waals surface area contributed by atoms with E-state index in [-0.39, 0.29) is 27.9 Å². The summed E-state index contributed by atoms with van der Waals surface area (Å²) in [6.45, 7) is 3.90. The Morgan fingerprint density at radius 2 is 1.50 bits per heavy atom. The van der Waals surface area contributed by atoms with Crippen molar-refractivity contribution in [3.63, 3.8) is 0 Å². The molecule has 0 radical (unpaired) electrons. The van der Waals surface area contributed by atoms with Crippen molar-refractivity contribution in [2.75, 3.05) is 22.6 Å². The van der Waals surface area contributed by atoms with Crippen molar-refractivity contribution in [2.45, 2.75) is 13.8 Å². The number of anilines is 3. The van der Waals surface area contributed by atoms with Crippen molar-refractivity contribution in [3.8, 4) is 0 Å². The number of imide groups is 1. The number of benzene rings is 3. The van der Waals surface area contributed by atoms with Crippen molar-refractivity contribution in [2.24, 2.45) is 0 Å². The summed E-state index contributed by atoms with van der Waals surface area (Å²) in [5, 5.41) is 5.48. The minimum atomic E-state index is -0.695. The molecule has 9 heteroatoms. The molecule has 2 N–H and O–H groups in total. The number of ether oxygens (including phenoxy) is 1. The molecular formula is C27H22ClN3O5. The molecule has 1 aliphatic rings. The fourth-order valence-corrected chi connectivity index (χ4v) is 3.92. The summed E-state index contributed by atoms with van der Waals surface area (Å²) < 4.78 is 4.66. The van der Waals surface area contributed by atoms with Crippen LogP contribution in [0.3, 0.4) is 0 Å². The third kappa shape index (κ3) is 4.85. The van der Waals surface area contributed by atoms with Crippen LogP contribution in [0.25, 0.3) is 0 Å². The van der Waals surface area contributed by atoms with E-state index in [1.807, 2.05) is 32.0 Å². The second-order valence-corrected chi connectivity index (χ2v) is 8.53. The molecule has 0 saturated carbocycles. The summed E-state index contributed by atoms with van der Waals surface area (Å²) in [6.07, 6.45) is 0. The van der Waals surface area contributed by atoms with Gasteiger partial charge in [-0.3, -0.25) is 14.4 Å². The fraction of sp³-hybridized carbons (Fsp3) is 0.111. The number of methoxy groups -OCH3 is 1. The molecule has 4 rings (SSSR count). The van der Waals surface area contributed by atoms with Gasteiger partial charge in [-0.25, -0.2) is 9.69 Å². The second kappa shape index (κ2) is 10.1. The highest BCUT2D eigenvalue weighted by Gasteiger charge is 2.39. The van der Waals surface area contributed by atoms with E-state index in [2.05, 4.69) is 15.4 Å². The van der Waals surface area contributed by atoms with Gasteiger partial charge in [-0.1, -0.05) is 29.3 Å². The lowest BCUT2D eigenvalue weighted by atomic mass is 10.1. The Hall–Kier alpha value is -4.43. The molecule has 1 aliphatic heterocycles. The Morgan fingerprint density at radius 1 is 0.861 bits per heavy atom. The maximum absolute atomic E-state index is 13.0. The highest BCUT2D eigenvalue weighted by atomic mass is 35.5. The largest absolute Gasteiger partial charge is 0.465 e. The van der Waals surface area contributed by atoms with Gasteiger partial charge >= 0.3 is 5.97 Å². The molecule has 0 bridgehead atoms. The molecule has 36 heavy (non-hydrogen) atoms. The number of esters is 1. The number of rotatable bonds is 6. The molecule has 0 saturated heterocycles. The van der Waals surface area contributed by atoms with Crippen LogP contribution in [0.15, 0.2) is 77.5 Å². The van der Waals surface area contributed by atoms with Crippen molar-refractivity contribution in [1.82, 2.24) is 0 Å². The average molecular weight is 504 g/mol. The number of carbonyl (C=O) groups excluding carboxylic acids is 4. The number of nitrogens with one attached hydrogen (secondary N) is 2. The van der Waals surface area contributed by atoms with Gasteiger partial charge in [-0.2, -0.15) is 0 Å². The van der Waals surface area contributed by atoms with E-state index in [0.717, 1.165) is 21.7 Å². The van der Waals surface area contributed by atoms with Crippen molar-refractivity contribution >= 4 is 52.4 Å². The van der Waals surface area contributed by atoms with Crippen molar-refractivity contribution in [1.29, 1.82) is 0 Å². The quantitative estimate of drug-likeness (QED) is 0.370. The molecular weight excluding hydrogens is 482 g/mol. The van der Waals surface area contributed by atoms with Crippen molar-refractivity contribution < 1.29 is 23.9 Å². The minimum Gasteiger partial charge on any atom is -0.465 e. The summed E-state index contributed by atoms with van der Waals surface area (Å²) >= 11 is 6.19. The standard InChI is InChI=1S/C27H22ClN3O5/c1-15-4-13-21(16(2)14-15)30-24(32)17-5-9-19(10-6-17)29-23-22(28)25(33)31(26(23)34)20-11-7-18(8-12-20)27(35)36-3/h4-14,29H,1-3H3,(H,30,32). The number of carbonyl (C=O) groups is 4. The van der Waals surface area contributed by atoms with Crippen LogP contribution in [0.2, 0.25) is 0 Å². The van der Waals surface area contributed by atoms with Gasteiger partial charge < -0.3 is 15.4 Å². The fourth-order valence-electron chi connectivity index (χ4n) is 3.71. The Kier molecular flexibility index (Phi) is 6.89. The predicted molar refractivity (Wildman–Crippen MR) is 137 cm³/mol. The first-order valence-electron chi connectivity index (χ1n) is 10.9. The SMILES string of the molecule is COC(=O)c1ccc(N2C(=O)C(Cl)=C(Nc3ccc(C(=O)Nc4ccc(C)cc4C)cc3)C2=O)cc1. The van der Waals surface area contributed by atoms with Crippen molar-refractivity contribution in [3.05, 3.63) is 99.7 Å².